The highest BCUT2D eigenvalue weighted by atomic mass is 16.5. The molecule has 1 aromatic rings. The lowest BCUT2D eigenvalue weighted by atomic mass is 9.89. The lowest BCUT2D eigenvalue weighted by molar-refractivity contribution is 0.284. The molecule has 0 saturated carbocycles. The fourth-order valence-corrected chi connectivity index (χ4v) is 2.32. The van der Waals surface area contributed by atoms with Gasteiger partial charge < -0.3 is 10.1 Å². The van der Waals surface area contributed by atoms with Crippen molar-refractivity contribution < 1.29 is 4.74 Å². The fourth-order valence-electron chi connectivity index (χ4n) is 2.32. The van der Waals surface area contributed by atoms with Gasteiger partial charge in [0.1, 0.15) is 12.4 Å². The van der Waals surface area contributed by atoms with Gasteiger partial charge in [0.05, 0.1) is 0 Å². The van der Waals surface area contributed by atoms with E-state index in [1.54, 1.807) is 0 Å². The van der Waals surface area contributed by atoms with Crippen LogP contribution in [0, 0.1) is 12.3 Å². The molecule has 2 nitrogen and oxygen atoms in total. The molecule has 0 saturated heterocycles. The van der Waals surface area contributed by atoms with Gasteiger partial charge in [-0.05, 0) is 25.3 Å². The first-order chi connectivity index (χ1) is 9.21. The van der Waals surface area contributed by atoms with Crippen molar-refractivity contribution in [2.75, 3.05) is 6.61 Å². The molecule has 0 amide bonds. The Labute approximate surface area is 117 Å². The number of terminal acetylenes is 1. The molecule has 0 heterocycles. The second kappa shape index (κ2) is 7.86. The summed E-state index contributed by atoms with van der Waals surface area (Å²) < 4.78 is 5.58. The van der Waals surface area contributed by atoms with Crippen molar-refractivity contribution in [3.8, 4) is 18.1 Å². The molecule has 1 aromatic carbocycles. The third kappa shape index (κ3) is 4.29. The molecule has 0 aliphatic carbocycles. The van der Waals surface area contributed by atoms with Crippen LogP contribution in [0.2, 0.25) is 0 Å². The van der Waals surface area contributed by atoms with Crippen LogP contribution >= 0.6 is 0 Å². The Kier molecular flexibility index (Phi) is 6.45. The zero-order chi connectivity index (χ0) is 14.1. The summed E-state index contributed by atoms with van der Waals surface area (Å²) in [6.07, 6.45) is 8.64. The third-order valence-corrected chi connectivity index (χ3v) is 3.97. The van der Waals surface area contributed by atoms with Crippen LogP contribution in [0.25, 0.3) is 0 Å². The van der Waals surface area contributed by atoms with E-state index in [1.165, 1.54) is 0 Å². The van der Waals surface area contributed by atoms with Gasteiger partial charge in [-0.2, -0.15) is 0 Å². The van der Waals surface area contributed by atoms with Crippen molar-refractivity contribution in [2.45, 2.75) is 52.1 Å². The Hall–Kier alpha value is -1.46. The number of hydrogen-bond acceptors (Lipinski definition) is 2. The molecule has 0 aliphatic heterocycles. The molecule has 1 N–H and O–H groups in total. The van der Waals surface area contributed by atoms with Gasteiger partial charge >= 0.3 is 0 Å². The first-order valence-corrected chi connectivity index (χ1v) is 7.10. The van der Waals surface area contributed by atoms with Gasteiger partial charge in [0.15, 0.2) is 0 Å². The molecule has 0 fully saturated rings. The molecule has 0 radical (unpaired) electrons. The standard InChI is InChI=1S/C17H25NO/c1-5-13-19-16-12-10-9-11-15(16)14-18-17(6-2,7-3)8-4/h1,9-12,18H,6-8,13-14H2,2-4H3. The van der Waals surface area contributed by atoms with Gasteiger partial charge in [-0.15, -0.1) is 6.42 Å². The minimum absolute atomic E-state index is 0.221. The van der Waals surface area contributed by atoms with Crippen molar-refractivity contribution in [3.05, 3.63) is 29.8 Å². The van der Waals surface area contributed by atoms with E-state index >= 15 is 0 Å². The molecule has 19 heavy (non-hydrogen) atoms. The summed E-state index contributed by atoms with van der Waals surface area (Å²) in [5.41, 5.74) is 1.39. The number of para-hydroxylation sites is 1. The zero-order valence-electron chi connectivity index (χ0n) is 12.3. The van der Waals surface area contributed by atoms with E-state index in [0.717, 1.165) is 37.1 Å². The molecule has 0 aliphatic rings. The SMILES string of the molecule is C#CCOc1ccccc1CNC(CC)(CC)CC. The topological polar surface area (TPSA) is 21.3 Å². The van der Waals surface area contributed by atoms with Gasteiger partial charge in [-0.25, -0.2) is 0 Å². The van der Waals surface area contributed by atoms with E-state index in [4.69, 9.17) is 11.2 Å². The Morgan fingerprint density at radius 2 is 1.79 bits per heavy atom. The van der Waals surface area contributed by atoms with Crippen molar-refractivity contribution in [1.29, 1.82) is 0 Å². The van der Waals surface area contributed by atoms with Crippen LogP contribution in [-0.2, 0) is 6.54 Å². The average molecular weight is 259 g/mol. The van der Waals surface area contributed by atoms with Crippen molar-refractivity contribution in [1.82, 2.24) is 5.32 Å². The van der Waals surface area contributed by atoms with Crippen LogP contribution in [0.3, 0.4) is 0 Å². The van der Waals surface area contributed by atoms with E-state index in [2.05, 4.69) is 38.1 Å². The number of rotatable bonds is 8. The van der Waals surface area contributed by atoms with E-state index in [1.807, 2.05) is 18.2 Å². The smallest absolute Gasteiger partial charge is 0.148 e. The van der Waals surface area contributed by atoms with E-state index in [0.29, 0.717) is 6.61 Å². The highest BCUT2D eigenvalue weighted by molar-refractivity contribution is 5.33. The Bertz CT molecular complexity index is 407. The molecule has 2 heteroatoms. The van der Waals surface area contributed by atoms with Crippen LogP contribution in [0.4, 0.5) is 0 Å². The number of benzene rings is 1. The predicted molar refractivity (Wildman–Crippen MR) is 81.2 cm³/mol. The largest absolute Gasteiger partial charge is 0.481 e. The van der Waals surface area contributed by atoms with Crippen LogP contribution in [-0.4, -0.2) is 12.1 Å². The summed E-state index contributed by atoms with van der Waals surface area (Å²) in [6, 6.07) is 8.07. The predicted octanol–water partition coefficient (Wildman–Crippen LogP) is 3.76. The van der Waals surface area contributed by atoms with E-state index < -0.39 is 0 Å². The first-order valence-electron chi connectivity index (χ1n) is 7.10. The number of hydrogen-bond donors (Lipinski definition) is 1. The highest BCUT2D eigenvalue weighted by Gasteiger charge is 2.22. The first kappa shape index (κ1) is 15.6. The van der Waals surface area contributed by atoms with Gasteiger partial charge in [0, 0.05) is 17.6 Å². The van der Waals surface area contributed by atoms with Crippen LogP contribution in [0.5, 0.6) is 5.75 Å². The maximum atomic E-state index is 5.58. The Morgan fingerprint density at radius 1 is 1.16 bits per heavy atom. The molecule has 0 aromatic heterocycles. The number of nitrogens with one attached hydrogen (secondary N) is 1. The second-order valence-electron chi connectivity index (χ2n) is 4.80. The highest BCUT2D eigenvalue weighted by Crippen LogP contribution is 2.23. The minimum Gasteiger partial charge on any atom is -0.481 e. The van der Waals surface area contributed by atoms with Crippen LogP contribution < -0.4 is 10.1 Å². The molecule has 1 rings (SSSR count). The van der Waals surface area contributed by atoms with Gasteiger partial charge in [-0.1, -0.05) is 44.9 Å². The van der Waals surface area contributed by atoms with Crippen molar-refractivity contribution >= 4 is 0 Å². The Balaban J connectivity index is 2.74. The normalized spacial score (nSPS) is 11.1. The summed E-state index contributed by atoms with van der Waals surface area (Å²) in [4.78, 5) is 0. The fraction of sp³-hybridized carbons (Fsp3) is 0.529. The van der Waals surface area contributed by atoms with Crippen LogP contribution in [0.1, 0.15) is 45.6 Å². The summed E-state index contributed by atoms with van der Waals surface area (Å²) >= 11 is 0. The van der Waals surface area contributed by atoms with E-state index in [9.17, 15) is 0 Å². The quantitative estimate of drug-likeness (QED) is 0.718. The van der Waals surface area contributed by atoms with Gasteiger partial charge in [0.25, 0.3) is 0 Å². The van der Waals surface area contributed by atoms with Gasteiger partial charge in [-0.3, -0.25) is 0 Å². The van der Waals surface area contributed by atoms with Crippen molar-refractivity contribution in [2.24, 2.45) is 0 Å². The summed E-state index contributed by atoms with van der Waals surface area (Å²) in [7, 11) is 0. The zero-order valence-corrected chi connectivity index (χ0v) is 12.3. The monoisotopic (exact) mass is 259 g/mol. The molecule has 0 unspecified atom stereocenters. The summed E-state index contributed by atoms with van der Waals surface area (Å²) in [6.45, 7) is 7.84. The average Bonchev–Trinajstić information content (AvgIpc) is 2.48. The summed E-state index contributed by atoms with van der Waals surface area (Å²) in [5, 5.41) is 3.68. The molecular formula is C17H25NO. The minimum atomic E-state index is 0.221. The summed E-state index contributed by atoms with van der Waals surface area (Å²) in [5.74, 6) is 3.39. The maximum Gasteiger partial charge on any atom is 0.148 e. The van der Waals surface area contributed by atoms with Crippen LogP contribution in [0.15, 0.2) is 24.3 Å². The molecule has 104 valence electrons. The molecular weight excluding hydrogens is 234 g/mol. The lowest BCUT2D eigenvalue weighted by Crippen LogP contribution is -2.43. The van der Waals surface area contributed by atoms with Crippen molar-refractivity contribution in [3.63, 3.8) is 0 Å². The van der Waals surface area contributed by atoms with E-state index in [-0.39, 0.29) is 5.54 Å². The lowest BCUT2D eigenvalue weighted by Gasteiger charge is -2.32. The molecule has 0 bridgehead atoms. The maximum absolute atomic E-state index is 5.58. The molecule has 0 spiro atoms. The third-order valence-electron chi connectivity index (χ3n) is 3.97. The van der Waals surface area contributed by atoms with Gasteiger partial charge in [0.2, 0.25) is 0 Å². The number of ether oxygens (including phenoxy) is 1. The molecule has 0 atom stereocenters. The Morgan fingerprint density at radius 3 is 2.37 bits per heavy atom. The second-order valence-corrected chi connectivity index (χ2v) is 4.80.